The van der Waals surface area contributed by atoms with Crippen molar-refractivity contribution in [1.82, 2.24) is 0 Å². The van der Waals surface area contributed by atoms with Crippen molar-refractivity contribution in [2.75, 3.05) is 0 Å². The van der Waals surface area contributed by atoms with Crippen LogP contribution in [0.2, 0.25) is 0 Å². The highest BCUT2D eigenvalue weighted by molar-refractivity contribution is 5.25. The molecule has 2 nitrogen and oxygen atoms in total. The van der Waals surface area contributed by atoms with E-state index in [-0.39, 0.29) is 6.10 Å². The fourth-order valence-corrected chi connectivity index (χ4v) is 8.40. The van der Waals surface area contributed by atoms with Gasteiger partial charge in [0, 0.05) is 0 Å². The van der Waals surface area contributed by atoms with Crippen LogP contribution < -0.4 is 0 Å². The normalized spacial score (nSPS) is 47.0. The Morgan fingerprint density at radius 3 is 2.57 bits per heavy atom. The Bertz CT molecular complexity index is 616. The molecule has 8 atom stereocenters. The maximum atomic E-state index is 10.2. The molecule has 3 saturated carbocycles. The van der Waals surface area contributed by atoms with E-state index < -0.39 is 5.60 Å². The number of aliphatic hydroxyl groups excluding tert-OH is 1. The molecule has 2 heteroatoms. The molecule has 28 heavy (non-hydrogen) atoms. The first-order valence-corrected chi connectivity index (χ1v) is 12.1. The minimum atomic E-state index is -0.532. The minimum Gasteiger partial charge on any atom is -0.393 e. The van der Waals surface area contributed by atoms with Crippen molar-refractivity contribution in [1.29, 1.82) is 0 Å². The molecular formula is C26H44O2. The molecule has 4 aliphatic carbocycles. The zero-order valence-corrected chi connectivity index (χ0v) is 19.0. The summed E-state index contributed by atoms with van der Waals surface area (Å²) >= 11 is 0. The molecule has 0 bridgehead atoms. The van der Waals surface area contributed by atoms with Crippen molar-refractivity contribution >= 4 is 0 Å². The molecule has 0 aromatic rings. The van der Waals surface area contributed by atoms with Crippen molar-refractivity contribution < 1.29 is 10.2 Å². The molecule has 0 heterocycles. The number of hydrogen-bond donors (Lipinski definition) is 2. The fourth-order valence-electron chi connectivity index (χ4n) is 8.40. The van der Waals surface area contributed by atoms with Crippen LogP contribution in [-0.4, -0.2) is 21.9 Å². The van der Waals surface area contributed by atoms with Gasteiger partial charge in [-0.1, -0.05) is 32.4 Å². The van der Waals surface area contributed by atoms with Crippen LogP contribution in [-0.2, 0) is 0 Å². The zero-order chi connectivity index (χ0) is 20.3. The maximum absolute atomic E-state index is 10.2. The predicted octanol–water partition coefficient (Wildman–Crippen LogP) is 6.11. The van der Waals surface area contributed by atoms with Crippen molar-refractivity contribution in [2.24, 2.45) is 40.4 Å². The van der Waals surface area contributed by atoms with Crippen LogP contribution in [0.1, 0.15) is 98.8 Å². The van der Waals surface area contributed by atoms with Crippen LogP contribution in [0.25, 0.3) is 0 Å². The van der Waals surface area contributed by atoms with E-state index in [0.717, 1.165) is 49.4 Å². The van der Waals surface area contributed by atoms with Gasteiger partial charge in [-0.25, -0.2) is 0 Å². The first-order valence-electron chi connectivity index (χ1n) is 12.1. The Morgan fingerprint density at radius 1 is 1.11 bits per heavy atom. The van der Waals surface area contributed by atoms with Gasteiger partial charge in [0.1, 0.15) is 0 Å². The summed E-state index contributed by atoms with van der Waals surface area (Å²) in [5.41, 5.74) is 1.91. The highest BCUT2D eigenvalue weighted by atomic mass is 16.3. The molecule has 0 radical (unpaired) electrons. The summed E-state index contributed by atoms with van der Waals surface area (Å²) in [7, 11) is 0. The molecule has 0 amide bonds. The Labute approximate surface area is 173 Å². The molecule has 0 aliphatic heterocycles. The number of fused-ring (bicyclic) bond motifs is 5. The summed E-state index contributed by atoms with van der Waals surface area (Å²) in [4.78, 5) is 0. The molecular weight excluding hydrogens is 344 g/mol. The second-order valence-corrected chi connectivity index (χ2v) is 12.2. The van der Waals surface area contributed by atoms with Crippen LogP contribution in [0, 0.1) is 40.4 Å². The van der Waals surface area contributed by atoms with Crippen LogP contribution in [0.3, 0.4) is 0 Å². The van der Waals surface area contributed by atoms with E-state index in [4.69, 9.17) is 0 Å². The monoisotopic (exact) mass is 388 g/mol. The lowest BCUT2D eigenvalue weighted by Crippen LogP contribution is -2.50. The number of hydrogen-bond acceptors (Lipinski definition) is 2. The largest absolute Gasteiger partial charge is 0.393 e. The van der Waals surface area contributed by atoms with E-state index in [1.807, 2.05) is 13.8 Å². The van der Waals surface area contributed by atoms with Crippen LogP contribution in [0.4, 0.5) is 0 Å². The average molecular weight is 389 g/mol. The lowest BCUT2D eigenvalue weighted by atomic mass is 9.47. The summed E-state index contributed by atoms with van der Waals surface area (Å²) in [5.74, 6) is 4.11. The van der Waals surface area contributed by atoms with E-state index in [1.165, 1.54) is 38.5 Å². The SMILES string of the molecule is CC(CCC(C)(C)O)[C@H]1CCC2C3CC=C4C[C@@H](O)CC[C@]4(C)C3CC[C@@]21C. The Kier molecular flexibility index (Phi) is 5.32. The molecule has 0 aromatic heterocycles. The van der Waals surface area contributed by atoms with Gasteiger partial charge in [-0.15, -0.1) is 0 Å². The third kappa shape index (κ3) is 3.41. The van der Waals surface area contributed by atoms with Crippen LogP contribution >= 0.6 is 0 Å². The van der Waals surface area contributed by atoms with Gasteiger partial charge in [0.25, 0.3) is 0 Å². The smallest absolute Gasteiger partial charge is 0.0591 e. The van der Waals surface area contributed by atoms with E-state index in [0.29, 0.717) is 16.7 Å². The second kappa shape index (κ2) is 7.12. The topological polar surface area (TPSA) is 40.5 Å². The molecule has 0 spiro atoms. The summed E-state index contributed by atoms with van der Waals surface area (Å²) in [6, 6.07) is 0. The molecule has 4 unspecified atom stereocenters. The van der Waals surface area contributed by atoms with Crippen molar-refractivity contribution in [2.45, 2.75) is 111 Å². The minimum absolute atomic E-state index is 0.0998. The maximum Gasteiger partial charge on any atom is 0.0591 e. The molecule has 2 N–H and O–H groups in total. The quantitative estimate of drug-likeness (QED) is 0.570. The lowest BCUT2D eigenvalue weighted by Gasteiger charge is -2.58. The zero-order valence-electron chi connectivity index (χ0n) is 19.0. The first kappa shape index (κ1) is 20.9. The highest BCUT2D eigenvalue weighted by Crippen LogP contribution is 2.67. The van der Waals surface area contributed by atoms with E-state index in [1.54, 1.807) is 5.57 Å². The standard InChI is InChI=1S/C26H44O2/c1-17(10-13-24(2,3)28)21-8-9-22-20-7-6-18-16-19(27)11-14-25(18,4)23(20)12-15-26(21,22)5/h6,17,19-23,27-28H,7-16H2,1-5H3/t17?,19-,20?,21+,22?,23?,25-,26+/m0/s1. The van der Waals surface area contributed by atoms with Crippen LogP contribution in [0.15, 0.2) is 11.6 Å². The summed E-state index contributed by atoms with van der Waals surface area (Å²) in [6.07, 6.45) is 14.5. The molecule has 4 aliphatic rings. The van der Waals surface area contributed by atoms with E-state index >= 15 is 0 Å². The Balaban J connectivity index is 1.52. The molecule has 0 saturated heterocycles. The van der Waals surface area contributed by atoms with Gasteiger partial charge in [-0.05, 0) is 118 Å². The molecule has 4 rings (SSSR count). The van der Waals surface area contributed by atoms with Crippen LogP contribution in [0.5, 0.6) is 0 Å². The van der Waals surface area contributed by atoms with Gasteiger partial charge in [0.2, 0.25) is 0 Å². The van der Waals surface area contributed by atoms with Gasteiger partial charge >= 0.3 is 0 Å². The first-order chi connectivity index (χ1) is 13.0. The molecule has 3 fully saturated rings. The van der Waals surface area contributed by atoms with E-state index in [2.05, 4.69) is 26.8 Å². The highest BCUT2D eigenvalue weighted by Gasteiger charge is 2.59. The van der Waals surface area contributed by atoms with Gasteiger partial charge in [0.15, 0.2) is 0 Å². The molecule has 0 aromatic carbocycles. The summed E-state index contributed by atoms with van der Waals surface area (Å²) < 4.78 is 0. The Morgan fingerprint density at radius 2 is 1.86 bits per heavy atom. The second-order valence-electron chi connectivity index (χ2n) is 12.2. The van der Waals surface area contributed by atoms with Gasteiger partial charge in [-0.2, -0.15) is 0 Å². The Hall–Kier alpha value is -0.340. The third-order valence-electron chi connectivity index (χ3n) is 10.0. The average Bonchev–Trinajstić information content (AvgIpc) is 2.97. The number of allylic oxidation sites excluding steroid dienone is 1. The third-order valence-corrected chi connectivity index (χ3v) is 10.0. The fraction of sp³-hybridized carbons (Fsp3) is 0.923. The van der Waals surface area contributed by atoms with Crippen molar-refractivity contribution in [3.63, 3.8) is 0 Å². The molecule has 160 valence electrons. The number of aliphatic hydroxyl groups is 2. The van der Waals surface area contributed by atoms with Crippen molar-refractivity contribution in [3.05, 3.63) is 11.6 Å². The van der Waals surface area contributed by atoms with Gasteiger partial charge in [-0.3, -0.25) is 0 Å². The summed E-state index contributed by atoms with van der Waals surface area (Å²) in [6.45, 7) is 11.5. The summed E-state index contributed by atoms with van der Waals surface area (Å²) in [5, 5.41) is 20.4. The number of rotatable bonds is 4. The van der Waals surface area contributed by atoms with Crippen molar-refractivity contribution in [3.8, 4) is 0 Å². The van der Waals surface area contributed by atoms with Gasteiger partial charge < -0.3 is 10.2 Å². The van der Waals surface area contributed by atoms with Gasteiger partial charge in [0.05, 0.1) is 11.7 Å². The van der Waals surface area contributed by atoms with E-state index in [9.17, 15) is 10.2 Å². The predicted molar refractivity (Wildman–Crippen MR) is 116 cm³/mol. The lowest BCUT2D eigenvalue weighted by molar-refractivity contribution is -0.0585.